The second-order valence-corrected chi connectivity index (χ2v) is 9.80. The third-order valence-electron chi connectivity index (χ3n) is 7.54. The van der Waals surface area contributed by atoms with Crippen LogP contribution in [-0.2, 0) is 11.3 Å². The summed E-state index contributed by atoms with van der Waals surface area (Å²) in [6.45, 7) is 2.31. The fourth-order valence-electron chi connectivity index (χ4n) is 5.61. The van der Waals surface area contributed by atoms with E-state index >= 15 is 0 Å². The van der Waals surface area contributed by atoms with Crippen molar-refractivity contribution in [1.82, 2.24) is 9.88 Å². The van der Waals surface area contributed by atoms with Crippen LogP contribution in [-0.4, -0.2) is 41.9 Å². The molecule has 1 aromatic heterocycles. The molecule has 8 heteroatoms. The van der Waals surface area contributed by atoms with Gasteiger partial charge in [-0.1, -0.05) is 19.3 Å². The lowest BCUT2D eigenvalue weighted by Gasteiger charge is -2.44. The Morgan fingerprint density at radius 1 is 1.06 bits per heavy atom. The van der Waals surface area contributed by atoms with Gasteiger partial charge in [0, 0.05) is 29.2 Å². The number of methoxy groups -OCH3 is 1. The van der Waals surface area contributed by atoms with E-state index in [-0.39, 0.29) is 24.6 Å². The number of hydrogen-bond donors (Lipinski definition) is 1. The Morgan fingerprint density at radius 3 is 2.66 bits per heavy atom. The number of benzene rings is 2. The predicted octanol–water partition coefficient (Wildman–Crippen LogP) is 4.25. The summed E-state index contributed by atoms with van der Waals surface area (Å²) in [7, 11) is 1.62. The molecule has 3 aliphatic rings. The zero-order valence-corrected chi connectivity index (χ0v) is 20.0. The Morgan fingerprint density at radius 2 is 1.86 bits per heavy atom. The van der Waals surface area contributed by atoms with Gasteiger partial charge in [-0.3, -0.25) is 14.5 Å². The second kappa shape index (κ2) is 8.22. The molecule has 0 radical (unpaired) electrons. The maximum absolute atomic E-state index is 14.1. The molecule has 3 heterocycles. The molecular formula is C27H29N3O5. The summed E-state index contributed by atoms with van der Waals surface area (Å²) >= 11 is 0. The van der Waals surface area contributed by atoms with Crippen molar-refractivity contribution in [2.75, 3.05) is 18.8 Å². The molecule has 6 rings (SSSR count). The molecule has 1 aliphatic carbocycles. The standard InChI is InChI=1S/C27H29N3O5/c1-27(26(32)28-18-6-4-3-5-7-18)15-29-21-14-20(33-2)10-8-17(21)12-22(29)25(31)30(27)19-9-11-23-24(13-19)35-16-34-23/h8-14,18H,3-7,15-16H2,1-2H3,(H,28,32)/t27-/m0/s1. The molecule has 0 unspecified atom stereocenters. The Kier molecular flexibility index (Phi) is 5.12. The average molecular weight is 476 g/mol. The van der Waals surface area contributed by atoms with Crippen molar-refractivity contribution in [3.05, 3.63) is 48.2 Å². The van der Waals surface area contributed by atoms with Crippen LogP contribution in [0.25, 0.3) is 10.9 Å². The zero-order chi connectivity index (χ0) is 24.2. The summed E-state index contributed by atoms with van der Waals surface area (Å²) in [5.74, 6) is 1.53. The number of carbonyl (C=O) groups is 2. The number of hydrogen-bond acceptors (Lipinski definition) is 5. The molecule has 2 amide bonds. The molecule has 1 N–H and O–H groups in total. The number of ether oxygens (including phenoxy) is 3. The van der Waals surface area contributed by atoms with Gasteiger partial charge in [0.05, 0.1) is 19.2 Å². The number of aromatic nitrogens is 1. The predicted molar refractivity (Wildman–Crippen MR) is 131 cm³/mol. The topological polar surface area (TPSA) is 82.0 Å². The van der Waals surface area contributed by atoms with Crippen molar-refractivity contribution in [3.63, 3.8) is 0 Å². The van der Waals surface area contributed by atoms with Gasteiger partial charge >= 0.3 is 0 Å². The fourth-order valence-corrected chi connectivity index (χ4v) is 5.61. The van der Waals surface area contributed by atoms with Crippen LogP contribution in [0, 0.1) is 0 Å². The number of anilines is 1. The van der Waals surface area contributed by atoms with Gasteiger partial charge in [0.2, 0.25) is 12.7 Å². The highest BCUT2D eigenvalue weighted by Crippen LogP contribution is 2.41. The van der Waals surface area contributed by atoms with E-state index in [9.17, 15) is 9.59 Å². The smallest absolute Gasteiger partial charge is 0.275 e. The summed E-state index contributed by atoms with van der Waals surface area (Å²) in [5, 5.41) is 4.20. The van der Waals surface area contributed by atoms with E-state index < -0.39 is 5.54 Å². The van der Waals surface area contributed by atoms with Crippen LogP contribution in [0.3, 0.4) is 0 Å². The highest BCUT2D eigenvalue weighted by molar-refractivity contribution is 6.14. The fraction of sp³-hybridized carbons (Fsp3) is 0.407. The summed E-state index contributed by atoms with van der Waals surface area (Å²) in [5.41, 5.74) is 0.864. The van der Waals surface area contributed by atoms with Gasteiger partial charge in [0.15, 0.2) is 11.5 Å². The monoisotopic (exact) mass is 475 g/mol. The van der Waals surface area contributed by atoms with E-state index in [0.717, 1.165) is 36.6 Å². The first-order valence-electron chi connectivity index (χ1n) is 12.2. The number of nitrogens with zero attached hydrogens (tertiary/aromatic N) is 2. The van der Waals surface area contributed by atoms with E-state index in [4.69, 9.17) is 14.2 Å². The normalized spacial score (nSPS) is 21.8. The molecule has 182 valence electrons. The maximum atomic E-state index is 14.1. The summed E-state index contributed by atoms with van der Waals surface area (Å²) < 4.78 is 18.4. The number of nitrogens with one attached hydrogen (secondary N) is 1. The minimum absolute atomic E-state index is 0.129. The SMILES string of the molecule is COc1ccc2cc3n(c2c1)C[C@@](C)(C(=O)NC1CCCCC1)N(c1ccc2c(c1)OCO2)C3=O. The van der Waals surface area contributed by atoms with Crippen molar-refractivity contribution < 1.29 is 23.8 Å². The van der Waals surface area contributed by atoms with Crippen molar-refractivity contribution in [2.24, 2.45) is 0 Å². The van der Waals surface area contributed by atoms with E-state index in [0.29, 0.717) is 35.2 Å². The quantitative estimate of drug-likeness (QED) is 0.610. The van der Waals surface area contributed by atoms with Crippen LogP contribution in [0.2, 0.25) is 0 Å². The third-order valence-corrected chi connectivity index (χ3v) is 7.54. The van der Waals surface area contributed by atoms with Crippen molar-refractivity contribution in [1.29, 1.82) is 0 Å². The third kappa shape index (κ3) is 3.50. The highest BCUT2D eigenvalue weighted by atomic mass is 16.7. The molecule has 2 aliphatic heterocycles. The van der Waals surface area contributed by atoms with Crippen molar-refractivity contribution >= 4 is 28.4 Å². The van der Waals surface area contributed by atoms with Crippen LogP contribution < -0.4 is 24.4 Å². The minimum atomic E-state index is -1.15. The molecule has 3 aromatic rings. The van der Waals surface area contributed by atoms with Crippen molar-refractivity contribution in [3.8, 4) is 17.2 Å². The molecule has 0 bridgehead atoms. The average Bonchev–Trinajstić information content (AvgIpc) is 3.48. The molecule has 0 saturated heterocycles. The zero-order valence-electron chi connectivity index (χ0n) is 20.0. The molecule has 8 nitrogen and oxygen atoms in total. The molecule has 1 atom stereocenters. The lowest BCUT2D eigenvalue weighted by atomic mass is 9.91. The van der Waals surface area contributed by atoms with Gasteiger partial charge in [-0.05, 0) is 50.1 Å². The summed E-state index contributed by atoms with van der Waals surface area (Å²) in [4.78, 5) is 29.6. The van der Waals surface area contributed by atoms with Gasteiger partial charge < -0.3 is 24.1 Å². The molecule has 1 saturated carbocycles. The number of amides is 2. The maximum Gasteiger partial charge on any atom is 0.275 e. The lowest BCUT2D eigenvalue weighted by molar-refractivity contribution is -0.127. The second-order valence-electron chi connectivity index (χ2n) is 9.80. The summed E-state index contributed by atoms with van der Waals surface area (Å²) in [6, 6.07) is 13.1. The minimum Gasteiger partial charge on any atom is -0.497 e. The molecule has 35 heavy (non-hydrogen) atoms. The van der Waals surface area contributed by atoms with Gasteiger partial charge in [-0.2, -0.15) is 0 Å². The Balaban J connectivity index is 1.47. The first kappa shape index (κ1) is 21.8. The van der Waals surface area contributed by atoms with Gasteiger partial charge in [0.1, 0.15) is 17.0 Å². The highest BCUT2D eigenvalue weighted by Gasteiger charge is 2.49. The molecule has 1 fully saturated rings. The lowest BCUT2D eigenvalue weighted by Crippen LogP contribution is -2.65. The van der Waals surface area contributed by atoms with E-state index in [1.807, 2.05) is 41.8 Å². The molecular weight excluding hydrogens is 446 g/mol. The largest absolute Gasteiger partial charge is 0.497 e. The van der Waals surface area contributed by atoms with Crippen molar-refractivity contribution in [2.45, 2.75) is 57.2 Å². The Bertz CT molecular complexity index is 1330. The summed E-state index contributed by atoms with van der Waals surface area (Å²) in [6.07, 6.45) is 5.35. The number of carbonyl (C=O) groups excluding carboxylic acids is 2. The Labute approximate surface area is 203 Å². The molecule has 0 spiro atoms. The number of fused-ring (bicyclic) bond motifs is 4. The van der Waals surface area contributed by atoms with E-state index in [1.165, 1.54) is 6.42 Å². The van der Waals surface area contributed by atoms with Crippen LogP contribution in [0.4, 0.5) is 5.69 Å². The number of rotatable bonds is 4. The Hall–Kier alpha value is -3.68. The first-order valence-corrected chi connectivity index (χ1v) is 12.2. The van der Waals surface area contributed by atoms with E-state index in [1.54, 1.807) is 24.1 Å². The van der Waals surface area contributed by atoms with Crippen LogP contribution in [0.1, 0.15) is 49.5 Å². The first-order chi connectivity index (χ1) is 17.0. The van der Waals surface area contributed by atoms with Crippen LogP contribution in [0.15, 0.2) is 42.5 Å². The van der Waals surface area contributed by atoms with Crippen LogP contribution in [0.5, 0.6) is 17.2 Å². The molecule has 2 aromatic carbocycles. The van der Waals surface area contributed by atoms with E-state index in [2.05, 4.69) is 5.32 Å². The van der Waals surface area contributed by atoms with Gasteiger partial charge in [-0.25, -0.2) is 0 Å². The van der Waals surface area contributed by atoms with Gasteiger partial charge in [-0.15, -0.1) is 0 Å². The van der Waals surface area contributed by atoms with Gasteiger partial charge in [0.25, 0.3) is 5.91 Å². The van der Waals surface area contributed by atoms with Crippen LogP contribution >= 0.6 is 0 Å².